The molecule has 0 radical (unpaired) electrons. The third kappa shape index (κ3) is 3.04. The number of nitrogens with one attached hydrogen (secondary N) is 1. The van der Waals surface area contributed by atoms with Gasteiger partial charge in [0.15, 0.2) is 0 Å². The Bertz CT molecular complexity index is 497. The first kappa shape index (κ1) is 11.6. The maximum absolute atomic E-state index is 11.0. The van der Waals surface area contributed by atoms with Gasteiger partial charge >= 0.3 is 5.97 Å². The first-order valence-electron chi connectivity index (χ1n) is 5.22. The molecule has 17 heavy (non-hydrogen) atoms. The van der Waals surface area contributed by atoms with Crippen LogP contribution in [0, 0.1) is 0 Å². The van der Waals surface area contributed by atoms with Crippen LogP contribution < -0.4 is 5.32 Å². The highest BCUT2D eigenvalue weighted by Gasteiger charge is 2.08. The Kier molecular flexibility index (Phi) is 3.72. The summed E-state index contributed by atoms with van der Waals surface area (Å²) in [6.07, 6.45) is 2.57. The third-order valence-electron chi connectivity index (χ3n) is 2.30. The maximum Gasteiger partial charge on any atom is 0.337 e. The Morgan fingerprint density at radius 1 is 1.41 bits per heavy atom. The van der Waals surface area contributed by atoms with Crippen molar-refractivity contribution >= 4 is 23.0 Å². The molecule has 2 aromatic rings. The van der Waals surface area contributed by atoms with Crippen molar-refractivity contribution in [3.8, 4) is 0 Å². The Labute approximate surface area is 103 Å². The summed E-state index contributed by atoms with van der Waals surface area (Å²) < 4.78 is 0. The molecule has 4 nitrogen and oxygen atoms in total. The van der Waals surface area contributed by atoms with Crippen LogP contribution in [0.3, 0.4) is 0 Å². The van der Waals surface area contributed by atoms with E-state index in [0.717, 1.165) is 11.4 Å². The second-order valence-corrected chi connectivity index (χ2v) is 4.43. The number of para-hydroxylation sites is 1. The van der Waals surface area contributed by atoms with Gasteiger partial charge in [0.2, 0.25) is 0 Å². The van der Waals surface area contributed by atoms with Crippen molar-refractivity contribution in [2.24, 2.45) is 0 Å². The summed E-state index contributed by atoms with van der Waals surface area (Å²) in [6.45, 7) is 0.678. The van der Waals surface area contributed by atoms with Crippen molar-refractivity contribution in [3.63, 3.8) is 0 Å². The maximum atomic E-state index is 11.0. The summed E-state index contributed by atoms with van der Waals surface area (Å²) in [5.41, 5.74) is 0.947. The molecule has 0 aliphatic carbocycles. The molecule has 0 saturated carbocycles. The molecule has 0 fully saturated rings. The van der Waals surface area contributed by atoms with Crippen molar-refractivity contribution in [3.05, 3.63) is 46.4 Å². The number of nitrogens with zero attached hydrogens (tertiary/aromatic N) is 1. The molecular formula is C12H12N2O2S. The minimum atomic E-state index is -0.914. The number of carboxylic acid groups (broad SMARTS) is 1. The highest BCUT2D eigenvalue weighted by Crippen LogP contribution is 2.15. The third-order valence-corrected chi connectivity index (χ3v) is 3.13. The molecule has 0 amide bonds. The monoisotopic (exact) mass is 248 g/mol. The van der Waals surface area contributed by atoms with Crippen molar-refractivity contribution in [1.82, 2.24) is 4.98 Å². The number of hydrogen-bond acceptors (Lipinski definition) is 4. The zero-order valence-corrected chi connectivity index (χ0v) is 9.91. The second kappa shape index (κ2) is 5.45. The van der Waals surface area contributed by atoms with Gasteiger partial charge in [0.05, 0.1) is 10.6 Å². The molecule has 88 valence electrons. The Morgan fingerprint density at radius 3 is 2.94 bits per heavy atom. The highest BCUT2D eigenvalue weighted by atomic mass is 32.1. The van der Waals surface area contributed by atoms with Crippen LogP contribution in [0.15, 0.2) is 35.8 Å². The molecule has 0 bridgehead atoms. The molecule has 1 aromatic heterocycles. The summed E-state index contributed by atoms with van der Waals surface area (Å²) in [5.74, 6) is -0.914. The molecular weight excluding hydrogens is 236 g/mol. The summed E-state index contributed by atoms with van der Waals surface area (Å²) >= 11 is 1.60. The SMILES string of the molecule is O=C(O)c1ccccc1NCCc1nccs1. The molecule has 1 aromatic carbocycles. The van der Waals surface area contributed by atoms with E-state index in [9.17, 15) is 4.79 Å². The number of benzene rings is 1. The quantitative estimate of drug-likeness (QED) is 0.853. The summed E-state index contributed by atoms with van der Waals surface area (Å²) in [6, 6.07) is 6.90. The minimum absolute atomic E-state index is 0.298. The van der Waals surface area contributed by atoms with Crippen LogP contribution in [0.5, 0.6) is 0 Å². The van der Waals surface area contributed by atoms with E-state index in [1.165, 1.54) is 0 Å². The Morgan fingerprint density at radius 2 is 2.24 bits per heavy atom. The average molecular weight is 248 g/mol. The van der Waals surface area contributed by atoms with E-state index in [-0.39, 0.29) is 0 Å². The van der Waals surface area contributed by atoms with Gasteiger partial charge in [0, 0.05) is 30.2 Å². The van der Waals surface area contributed by atoms with Crippen LogP contribution in [0.4, 0.5) is 5.69 Å². The number of carbonyl (C=O) groups is 1. The first-order chi connectivity index (χ1) is 8.27. The first-order valence-corrected chi connectivity index (χ1v) is 6.10. The van der Waals surface area contributed by atoms with Gasteiger partial charge in [-0.1, -0.05) is 12.1 Å². The second-order valence-electron chi connectivity index (χ2n) is 3.45. The molecule has 0 aliphatic rings. The predicted octanol–water partition coefficient (Wildman–Crippen LogP) is 2.50. The molecule has 2 N–H and O–H groups in total. The zero-order chi connectivity index (χ0) is 12.1. The van der Waals surface area contributed by atoms with Crippen LogP contribution in [-0.2, 0) is 6.42 Å². The largest absolute Gasteiger partial charge is 0.478 e. The lowest BCUT2D eigenvalue weighted by Gasteiger charge is -2.08. The van der Waals surface area contributed by atoms with Crippen LogP contribution in [0.1, 0.15) is 15.4 Å². The van der Waals surface area contributed by atoms with Crippen molar-refractivity contribution in [2.45, 2.75) is 6.42 Å². The van der Waals surface area contributed by atoms with Crippen LogP contribution in [0.25, 0.3) is 0 Å². The van der Waals surface area contributed by atoms with Crippen LogP contribution in [0.2, 0.25) is 0 Å². The van der Waals surface area contributed by atoms with Crippen LogP contribution in [-0.4, -0.2) is 22.6 Å². The summed E-state index contributed by atoms with van der Waals surface area (Å²) in [5, 5.41) is 15.1. The molecule has 0 unspecified atom stereocenters. The van der Waals surface area contributed by atoms with Gasteiger partial charge in [-0.2, -0.15) is 0 Å². The van der Waals surface area contributed by atoms with Gasteiger partial charge in [-0.05, 0) is 12.1 Å². The molecule has 0 saturated heterocycles. The lowest BCUT2D eigenvalue weighted by Crippen LogP contribution is -2.09. The number of thiazole rings is 1. The number of aromatic carboxylic acids is 1. The van der Waals surface area contributed by atoms with E-state index >= 15 is 0 Å². The van der Waals surface area contributed by atoms with Gasteiger partial charge < -0.3 is 10.4 Å². The molecule has 0 atom stereocenters. The fourth-order valence-electron chi connectivity index (χ4n) is 1.50. The van der Waals surface area contributed by atoms with E-state index in [0.29, 0.717) is 17.8 Å². The normalized spacial score (nSPS) is 10.1. The van der Waals surface area contributed by atoms with Gasteiger partial charge in [-0.3, -0.25) is 0 Å². The van der Waals surface area contributed by atoms with Crippen molar-refractivity contribution in [1.29, 1.82) is 0 Å². The van der Waals surface area contributed by atoms with E-state index in [1.54, 1.807) is 35.7 Å². The number of aromatic nitrogens is 1. The van der Waals surface area contributed by atoms with Gasteiger partial charge in [0.25, 0.3) is 0 Å². The van der Waals surface area contributed by atoms with Gasteiger partial charge in [-0.25, -0.2) is 9.78 Å². The van der Waals surface area contributed by atoms with E-state index in [1.807, 2.05) is 11.4 Å². The molecule has 1 heterocycles. The zero-order valence-electron chi connectivity index (χ0n) is 9.09. The summed E-state index contributed by atoms with van der Waals surface area (Å²) in [4.78, 5) is 15.1. The summed E-state index contributed by atoms with van der Waals surface area (Å²) in [7, 11) is 0. The number of carboxylic acids is 1. The van der Waals surface area contributed by atoms with Gasteiger partial charge in [-0.15, -0.1) is 11.3 Å². The van der Waals surface area contributed by atoms with Crippen LogP contribution >= 0.6 is 11.3 Å². The van der Waals surface area contributed by atoms with Crippen molar-refractivity contribution in [2.75, 3.05) is 11.9 Å². The van der Waals surface area contributed by atoms with E-state index < -0.39 is 5.97 Å². The van der Waals surface area contributed by atoms with Gasteiger partial charge in [0.1, 0.15) is 0 Å². The Hall–Kier alpha value is -1.88. The molecule has 5 heteroatoms. The lowest BCUT2D eigenvalue weighted by atomic mass is 10.2. The minimum Gasteiger partial charge on any atom is -0.478 e. The predicted molar refractivity (Wildman–Crippen MR) is 67.7 cm³/mol. The number of hydrogen-bond donors (Lipinski definition) is 2. The smallest absolute Gasteiger partial charge is 0.337 e. The lowest BCUT2D eigenvalue weighted by molar-refractivity contribution is 0.0698. The number of anilines is 1. The Balaban J connectivity index is 1.97. The average Bonchev–Trinajstić information content (AvgIpc) is 2.82. The molecule has 2 rings (SSSR count). The number of rotatable bonds is 5. The van der Waals surface area contributed by atoms with Crippen molar-refractivity contribution < 1.29 is 9.90 Å². The topological polar surface area (TPSA) is 62.2 Å². The fourth-order valence-corrected chi connectivity index (χ4v) is 2.12. The standard InChI is InChI=1S/C12H12N2O2S/c15-12(16)9-3-1-2-4-10(9)13-6-5-11-14-7-8-17-11/h1-4,7-8,13H,5-6H2,(H,15,16). The molecule has 0 aliphatic heterocycles. The highest BCUT2D eigenvalue weighted by molar-refractivity contribution is 7.09. The van der Waals surface area contributed by atoms with E-state index in [4.69, 9.17) is 5.11 Å². The van der Waals surface area contributed by atoms with E-state index in [2.05, 4.69) is 10.3 Å². The fraction of sp³-hybridized carbons (Fsp3) is 0.167. The molecule has 0 spiro atoms.